The lowest BCUT2D eigenvalue weighted by Crippen LogP contribution is -2.43. The lowest BCUT2D eigenvalue weighted by atomic mass is 10.3. The molecule has 0 bridgehead atoms. The molecule has 0 saturated heterocycles. The molecule has 0 atom stereocenters. The summed E-state index contributed by atoms with van der Waals surface area (Å²) >= 11 is 0. The molecular weight excluding hydrogens is 312 g/mol. The maximum Gasteiger partial charge on any atom is 0.465 e. The van der Waals surface area contributed by atoms with Gasteiger partial charge in [-0.2, -0.15) is 0 Å². The minimum absolute atomic E-state index is 0.141. The number of pyridine rings is 1. The molecular formula is C15H16N6O3. The van der Waals surface area contributed by atoms with E-state index in [0.29, 0.717) is 34.2 Å². The van der Waals surface area contributed by atoms with Gasteiger partial charge in [0.1, 0.15) is 18.0 Å². The SMILES string of the molecule is CNCCOc1ccc2c(c1)[n+]([O-])c(Nc1cccnc1)n[n+]2[O-]. The largest absolute Gasteiger partial charge is 0.739 e. The summed E-state index contributed by atoms with van der Waals surface area (Å²) in [6.07, 6.45) is 3.13. The molecule has 24 heavy (non-hydrogen) atoms. The van der Waals surface area contributed by atoms with Crippen LogP contribution >= 0.6 is 0 Å². The van der Waals surface area contributed by atoms with Crippen LogP contribution in [-0.2, 0) is 0 Å². The number of rotatable bonds is 6. The van der Waals surface area contributed by atoms with Crippen molar-refractivity contribution in [2.45, 2.75) is 0 Å². The monoisotopic (exact) mass is 328 g/mol. The lowest BCUT2D eigenvalue weighted by Gasteiger charge is -2.11. The van der Waals surface area contributed by atoms with Crippen molar-refractivity contribution in [2.75, 3.05) is 25.5 Å². The molecule has 0 amide bonds. The molecule has 0 spiro atoms. The second-order valence-corrected chi connectivity index (χ2v) is 4.96. The van der Waals surface area contributed by atoms with E-state index in [1.165, 1.54) is 18.3 Å². The number of fused-ring (bicyclic) bond motifs is 1. The van der Waals surface area contributed by atoms with Crippen molar-refractivity contribution in [3.8, 4) is 5.75 Å². The Morgan fingerprint density at radius 1 is 1.21 bits per heavy atom. The molecule has 0 aliphatic rings. The highest BCUT2D eigenvalue weighted by molar-refractivity contribution is 5.70. The van der Waals surface area contributed by atoms with Gasteiger partial charge in [-0.15, -0.1) is 0 Å². The van der Waals surface area contributed by atoms with Crippen LogP contribution in [0.25, 0.3) is 11.0 Å². The van der Waals surface area contributed by atoms with E-state index in [4.69, 9.17) is 4.74 Å². The number of hydrogen-bond acceptors (Lipinski definition) is 7. The fourth-order valence-corrected chi connectivity index (χ4v) is 2.12. The first-order valence-electron chi connectivity index (χ1n) is 7.30. The van der Waals surface area contributed by atoms with E-state index in [2.05, 4.69) is 20.7 Å². The topological polar surface area (TPSA) is 113 Å². The van der Waals surface area contributed by atoms with Crippen molar-refractivity contribution in [2.24, 2.45) is 0 Å². The van der Waals surface area contributed by atoms with E-state index >= 15 is 0 Å². The van der Waals surface area contributed by atoms with E-state index in [-0.39, 0.29) is 17.0 Å². The zero-order valence-corrected chi connectivity index (χ0v) is 13.0. The third-order valence-corrected chi connectivity index (χ3v) is 3.29. The molecule has 0 radical (unpaired) electrons. The average Bonchev–Trinajstić information content (AvgIpc) is 2.60. The molecule has 2 N–H and O–H groups in total. The fraction of sp³-hybridized carbons (Fsp3) is 0.200. The summed E-state index contributed by atoms with van der Waals surface area (Å²) in [4.78, 5) is 4.34. The maximum absolute atomic E-state index is 12.5. The second-order valence-electron chi connectivity index (χ2n) is 4.96. The van der Waals surface area contributed by atoms with E-state index in [0.717, 1.165) is 0 Å². The number of aromatic nitrogens is 4. The van der Waals surface area contributed by atoms with Gasteiger partial charge in [0.25, 0.3) is 5.52 Å². The molecule has 2 aromatic heterocycles. The highest BCUT2D eigenvalue weighted by Gasteiger charge is 2.21. The maximum atomic E-state index is 12.5. The van der Waals surface area contributed by atoms with Gasteiger partial charge in [0.2, 0.25) is 5.10 Å². The van der Waals surface area contributed by atoms with Gasteiger partial charge in [0.05, 0.1) is 6.20 Å². The van der Waals surface area contributed by atoms with Crippen molar-refractivity contribution in [1.82, 2.24) is 15.4 Å². The van der Waals surface area contributed by atoms with Gasteiger partial charge in [0.15, 0.2) is 5.52 Å². The number of hydrogen-bond donors (Lipinski definition) is 2. The Balaban J connectivity index is 1.97. The molecule has 3 rings (SSSR count). The number of benzene rings is 1. The lowest BCUT2D eigenvalue weighted by molar-refractivity contribution is -0.672. The number of ether oxygens (including phenoxy) is 1. The predicted molar refractivity (Wildman–Crippen MR) is 86.6 cm³/mol. The molecule has 0 unspecified atom stereocenters. The Morgan fingerprint density at radius 2 is 2.08 bits per heavy atom. The van der Waals surface area contributed by atoms with Gasteiger partial charge >= 0.3 is 5.95 Å². The Bertz CT molecular complexity index is 843. The van der Waals surface area contributed by atoms with E-state index in [9.17, 15) is 10.4 Å². The van der Waals surface area contributed by atoms with Gasteiger partial charge in [-0.3, -0.25) is 4.98 Å². The minimum Gasteiger partial charge on any atom is -0.739 e. The van der Waals surface area contributed by atoms with Crippen LogP contribution < -0.4 is 24.9 Å². The first kappa shape index (κ1) is 15.7. The number of likely N-dealkylation sites (N-methyl/N-ethyl adjacent to an activating group) is 1. The van der Waals surface area contributed by atoms with Crippen LogP contribution in [0.3, 0.4) is 0 Å². The highest BCUT2D eigenvalue weighted by atomic mass is 16.5. The summed E-state index contributed by atoms with van der Waals surface area (Å²) in [6.45, 7) is 1.12. The molecule has 9 heteroatoms. The van der Waals surface area contributed by atoms with Gasteiger partial charge in [-0.1, -0.05) is 0 Å². The van der Waals surface area contributed by atoms with Gasteiger partial charge in [0, 0.05) is 29.7 Å². The molecule has 1 aromatic carbocycles. The van der Waals surface area contributed by atoms with E-state index in [1.807, 2.05) is 7.05 Å². The van der Waals surface area contributed by atoms with E-state index in [1.54, 1.807) is 24.4 Å². The van der Waals surface area contributed by atoms with Crippen LogP contribution in [0.4, 0.5) is 11.6 Å². The predicted octanol–water partition coefficient (Wildman–Crippen LogP) is 0.238. The second kappa shape index (κ2) is 6.92. The minimum atomic E-state index is -0.141. The van der Waals surface area contributed by atoms with Crippen molar-refractivity contribution in [3.63, 3.8) is 0 Å². The molecule has 0 aliphatic heterocycles. The molecule has 124 valence electrons. The van der Waals surface area contributed by atoms with Crippen molar-refractivity contribution in [3.05, 3.63) is 53.1 Å². The molecule has 3 aromatic rings. The Kier molecular flexibility index (Phi) is 4.52. The van der Waals surface area contributed by atoms with Gasteiger partial charge in [-0.05, 0) is 25.2 Å². The summed E-state index contributed by atoms with van der Waals surface area (Å²) in [5, 5.41) is 34.0. The summed E-state index contributed by atoms with van der Waals surface area (Å²) in [5.74, 6) is 0.360. The standard InChI is InChI=1S/C15H16N6O3/c1-16-7-8-24-12-4-5-13-14(9-12)20(22)15(19-21(13)23)18-11-3-2-6-17-10-11/h2-6,9-10,16H,7-8H2,1H3,(H,18,19). The molecule has 9 nitrogen and oxygen atoms in total. The third-order valence-electron chi connectivity index (χ3n) is 3.29. The first-order chi connectivity index (χ1) is 11.7. The molecule has 2 heterocycles. The van der Waals surface area contributed by atoms with Crippen LogP contribution in [0, 0.1) is 10.4 Å². The van der Waals surface area contributed by atoms with Gasteiger partial charge < -0.3 is 20.5 Å². The van der Waals surface area contributed by atoms with E-state index < -0.39 is 0 Å². The average molecular weight is 328 g/mol. The third kappa shape index (κ3) is 3.25. The zero-order valence-electron chi connectivity index (χ0n) is 13.0. The Labute approximate surface area is 137 Å². The van der Waals surface area contributed by atoms with Crippen LogP contribution in [0.5, 0.6) is 5.75 Å². The fourth-order valence-electron chi connectivity index (χ4n) is 2.12. The summed E-state index contributed by atoms with van der Waals surface area (Å²) < 4.78 is 6.09. The Hall–Kier alpha value is -3.20. The molecule has 0 fully saturated rings. The summed E-state index contributed by atoms with van der Waals surface area (Å²) in [6, 6.07) is 8.07. The van der Waals surface area contributed by atoms with Crippen LogP contribution in [0.15, 0.2) is 42.7 Å². The molecule has 0 aliphatic carbocycles. The zero-order chi connectivity index (χ0) is 16.9. The number of anilines is 2. The van der Waals surface area contributed by atoms with Crippen LogP contribution in [0.1, 0.15) is 0 Å². The summed E-state index contributed by atoms with van der Waals surface area (Å²) in [7, 11) is 1.82. The quantitative estimate of drug-likeness (QED) is 0.378. The smallest absolute Gasteiger partial charge is 0.465 e. The van der Waals surface area contributed by atoms with Crippen LogP contribution in [-0.4, -0.2) is 30.3 Å². The highest BCUT2D eigenvalue weighted by Crippen LogP contribution is 2.17. The van der Waals surface area contributed by atoms with Crippen molar-refractivity contribution in [1.29, 1.82) is 0 Å². The van der Waals surface area contributed by atoms with Gasteiger partial charge in [-0.25, -0.2) is 10.0 Å². The van der Waals surface area contributed by atoms with Crippen molar-refractivity contribution < 1.29 is 14.3 Å². The first-order valence-corrected chi connectivity index (χ1v) is 7.30. The number of nitrogens with one attached hydrogen (secondary N) is 2. The van der Waals surface area contributed by atoms with Crippen LogP contribution in [0.2, 0.25) is 0 Å². The normalized spacial score (nSPS) is 10.7. The number of nitrogens with zero attached hydrogens (tertiary/aromatic N) is 4. The van der Waals surface area contributed by atoms with Crippen molar-refractivity contribution >= 4 is 22.7 Å². The Morgan fingerprint density at radius 3 is 2.83 bits per heavy atom. The molecule has 0 saturated carbocycles. The summed E-state index contributed by atoms with van der Waals surface area (Å²) in [5.41, 5.74) is 0.867.